The highest BCUT2D eigenvalue weighted by Crippen LogP contribution is 2.24. The van der Waals surface area contributed by atoms with Gasteiger partial charge in [-0.2, -0.15) is 13.9 Å². The van der Waals surface area contributed by atoms with E-state index in [1.54, 1.807) is 0 Å². The van der Waals surface area contributed by atoms with Gasteiger partial charge in [0.25, 0.3) is 5.56 Å². The summed E-state index contributed by atoms with van der Waals surface area (Å²) < 4.78 is 50.0. The highest BCUT2D eigenvalue weighted by Gasteiger charge is 2.40. The Hall–Kier alpha value is -1.35. The Kier molecular flexibility index (Phi) is 5.12. The molecule has 0 saturated heterocycles. The van der Waals surface area contributed by atoms with Crippen LogP contribution in [0.1, 0.15) is 0 Å². The number of aromatic nitrogens is 2. The number of hydrogen-bond acceptors (Lipinski definition) is 4. The van der Waals surface area contributed by atoms with Crippen molar-refractivity contribution in [3.63, 3.8) is 0 Å². The van der Waals surface area contributed by atoms with Gasteiger partial charge < -0.3 is 10.4 Å². The highest BCUT2D eigenvalue weighted by molar-refractivity contribution is 6.32. The Bertz CT molecular complexity index is 495. The standard InChI is InChI=1S/C9H10ClF4N3O2/c10-6-5(15-4-9(13,14)8(11)12)3-16-17(1-2-18)7(6)19/h3,8,15,18H,1-2,4H2. The smallest absolute Gasteiger partial charge is 0.324 e. The molecule has 2 N–H and O–H groups in total. The summed E-state index contributed by atoms with van der Waals surface area (Å²) in [7, 11) is 0. The first-order valence-electron chi connectivity index (χ1n) is 5.06. The van der Waals surface area contributed by atoms with Gasteiger partial charge in [-0.15, -0.1) is 0 Å². The summed E-state index contributed by atoms with van der Waals surface area (Å²) in [6.45, 7) is -1.86. The van der Waals surface area contributed by atoms with Gasteiger partial charge in [0, 0.05) is 0 Å². The minimum Gasteiger partial charge on any atom is -0.394 e. The Morgan fingerprint density at radius 3 is 2.68 bits per heavy atom. The number of alkyl halides is 4. The van der Waals surface area contributed by atoms with Crippen LogP contribution in [0.3, 0.4) is 0 Å². The molecule has 0 bridgehead atoms. The van der Waals surface area contributed by atoms with Gasteiger partial charge in [-0.05, 0) is 0 Å². The fraction of sp³-hybridized carbons (Fsp3) is 0.556. The Balaban J connectivity index is 2.87. The van der Waals surface area contributed by atoms with Crippen LogP contribution in [0, 0.1) is 0 Å². The average molecular weight is 304 g/mol. The van der Waals surface area contributed by atoms with Crippen LogP contribution in [-0.2, 0) is 6.54 Å². The number of rotatable bonds is 6. The number of aliphatic hydroxyl groups is 1. The number of anilines is 1. The van der Waals surface area contributed by atoms with E-state index in [2.05, 4.69) is 5.10 Å². The quantitative estimate of drug-likeness (QED) is 0.775. The van der Waals surface area contributed by atoms with Gasteiger partial charge in [-0.3, -0.25) is 4.79 Å². The molecule has 10 heteroatoms. The first kappa shape index (κ1) is 15.7. The third-order valence-corrected chi connectivity index (χ3v) is 2.50. The third kappa shape index (κ3) is 3.80. The SMILES string of the molecule is O=c1c(Cl)c(NCC(F)(F)C(F)F)cnn1CCO. The van der Waals surface area contributed by atoms with Crippen LogP contribution in [0.25, 0.3) is 0 Å². The Morgan fingerprint density at radius 1 is 1.53 bits per heavy atom. The molecule has 1 heterocycles. The molecule has 1 aromatic rings. The number of hydrogen-bond donors (Lipinski definition) is 2. The second-order valence-electron chi connectivity index (χ2n) is 3.54. The van der Waals surface area contributed by atoms with Gasteiger partial charge >= 0.3 is 12.3 Å². The van der Waals surface area contributed by atoms with Gasteiger partial charge in [0.05, 0.1) is 31.6 Å². The van der Waals surface area contributed by atoms with Gasteiger partial charge in [0.15, 0.2) is 0 Å². The number of aliphatic hydroxyl groups excluding tert-OH is 1. The van der Waals surface area contributed by atoms with Gasteiger partial charge in [-0.25, -0.2) is 13.5 Å². The average Bonchev–Trinajstić information content (AvgIpc) is 2.34. The largest absolute Gasteiger partial charge is 0.394 e. The van der Waals surface area contributed by atoms with Crippen LogP contribution in [0.4, 0.5) is 23.2 Å². The van der Waals surface area contributed by atoms with Crippen LogP contribution in [-0.4, -0.2) is 40.4 Å². The molecule has 0 aliphatic rings. The molecule has 0 fully saturated rings. The van der Waals surface area contributed by atoms with Crippen molar-refractivity contribution < 1.29 is 22.7 Å². The Labute approximate surface area is 109 Å². The van der Waals surface area contributed by atoms with Crippen LogP contribution in [0.2, 0.25) is 5.02 Å². The molecule has 108 valence electrons. The maximum Gasteiger partial charge on any atom is 0.324 e. The molecule has 0 aliphatic heterocycles. The zero-order valence-electron chi connectivity index (χ0n) is 9.42. The van der Waals surface area contributed by atoms with Crippen molar-refractivity contribution in [3.05, 3.63) is 21.6 Å². The van der Waals surface area contributed by atoms with E-state index >= 15 is 0 Å². The minimum absolute atomic E-state index is 0.119. The second-order valence-corrected chi connectivity index (χ2v) is 3.92. The van der Waals surface area contributed by atoms with Gasteiger partial charge in [-0.1, -0.05) is 11.6 Å². The van der Waals surface area contributed by atoms with Crippen LogP contribution >= 0.6 is 11.6 Å². The van der Waals surface area contributed by atoms with Crippen molar-refractivity contribution in [2.75, 3.05) is 18.5 Å². The van der Waals surface area contributed by atoms with E-state index in [4.69, 9.17) is 16.7 Å². The van der Waals surface area contributed by atoms with Gasteiger partial charge in [0.1, 0.15) is 5.02 Å². The predicted octanol–water partition coefficient (Wildman–Crippen LogP) is 1.20. The van der Waals surface area contributed by atoms with E-state index in [1.807, 2.05) is 5.32 Å². The lowest BCUT2D eigenvalue weighted by atomic mass is 10.3. The number of nitrogens with one attached hydrogen (secondary N) is 1. The fourth-order valence-electron chi connectivity index (χ4n) is 1.13. The summed E-state index contributed by atoms with van der Waals surface area (Å²) in [5, 5.41) is 13.7. The minimum atomic E-state index is -4.25. The molecule has 0 radical (unpaired) electrons. The summed E-state index contributed by atoms with van der Waals surface area (Å²) in [6, 6.07) is 0. The lowest BCUT2D eigenvalue weighted by molar-refractivity contribution is -0.117. The number of nitrogens with zero attached hydrogens (tertiary/aromatic N) is 2. The summed E-state index contributed by atoms with van der Waals surface area (Å²) in [6.07, 6.45) is -2.89. The third-order valence-electron chi connectivity index (χ3n) is 2.13. The van der Waals surface area contributed by atoms with Crippen molar-refractivity contribution in [1.29, 1.82) is 0 Å². The van der Waals surface area contributed by atoms with Crippen LogP contribution in [0.15, 0.2) is 11.0 Å². The molecule has 1 rings (SSSR count). The van der Waals surface area contributed by atoms with E-state index < -0.39 is 29.5 Å². The van der Waals surface area contributed by atoms with E-state index in [9.17, 15) is 22.4 Å². The molecule has 1 aromatic heterocycles. The molecule has 5 nitrogen and oxygen atoms in total. The second kappa shape index (κ2) is 6.20. The predicted molar refractivity (Wildman–Crippen MR) is 60.0 cm³/mol. The van der Waals surface area contributed by atoms with Crippen molar-refractivity contribution in [2.45, 2.75) is 18.9 Å². The first-order valence-corrected chi connectivity index (χ1v) is 5.43. The van der Waals surface area contributed by atoms with E-state index in [-0.39, 0.29) is 18.8 Å². The summed E-state index contributed by atoms with van der Waals surface area (Å²) >= 11 is 5.59. The summed E-state index contributed by atoms with van der Waals surface area (Å²) in [5.41, 5.74) is -1.10. The molecular formula is C9H10ClF4N3O2. The molecule has 0 unspecified atom stereocenters. The molecule has 0 aliphatic carbocycles. The van der Waals surface area contributed by atoms with Gasteiger partial charge in [0.2, 0.25) is 0 Å². The molecule has 0 saturated carbocycles. The molecule has 0 aromatic carbocycles. The summed E-state index contributed by atoms with van der Waals surface area (Å²) in [5.74, 6) is -4.25. The lowest BCUT2D eigenvalue weighted by Crippen LogP contribution is -2.35. The fourth-order valence-corrected chi connectivity index (χ4v) is 1.35. The van der Waals surface area contributed by atoms with E-state index in [0.717, 1.165) is 10.9 Å². The van der Waals surface area contributed by atoms with E-state index in [0.29, 0.717) is 0 Å². The molecule has 0 amide bonds. The van der Waals surface area contributed by atoms with Crippen molar-refractivity contribution in [2.24, 2.45) is 0 Å². The maximum absolute atomic E-state index is 12.7. The topological polar surface area (TPSA) is 67.2 Å². The highest BCUT2D eigenvalue weighted by atomic mass is 35.5. The Morgan fingerprint density at radius 2 is 2.16 bits per heavy atom. The van der Waals surface area contributed by atoms with E-state index in [1.165, 1.54) is 0 Å². The zero-order chi connectivity index (χ0) is 14.6. The number of halogens is 5. The van der Waals surface area contributed by atoms with Crippen LogP contribution < -0.4 is 10.9 Å². The van der Waals surface area contributed by atoms with Crippen molar-refractivity contribution in [3.8, 4) is 0 Å². The molecule has 0 atom stereocenters. The molecule has 0 spiro atoms. The normalized spacial score (nSPS) is 11.9. The van der Waals surface area contributed by atoms with Crippen molar-refractivity contribution in [1.82, 2.24) is 9.78 Å². The zero-order valence-corrected chi connectivity index (χ0v) is 10.2. The monoisotopic (exact) mass is 303 g/mol. The lowest BCUT2D eigenvalue weighted by Gasteiger charge is -2.17. The van der Waals surface area contributed by atoms with Crippen molar-refractivity contribution >= 4 is 17.3 Å². The first-order chi connectivity index (χ1) is 8.79. The molecule has 19 heavy (non-hydrogen) atoms. The summed E-state index contributed by atoms with van der Waals surface area (Å²) in [4.78, 5) is 11.5. The molecular weight excluding hydrogens is 294 g/mol. The maximum atomic E-state index is 12.7. The van der Waals surface area contributed by atoms with Crippen LogP contribution in [0.5, 0.6) is 0 Å².